The summed E-state index contributed by atoms with van der Waals surface area (Å²) in [6, 6.07) is 18.8. The van der Waals surface area contributed by atoms with Crippen molar-refractivity contribution in [3.63, 3.8) is 0 Å². The summed E-state index contributed by atoms with van der Waals surface area (Å²) >= 11 is 0. The van der Waals surface area contributed by atoms with Crippen LogP contribution in [0.2, 0.25) is 0 Å². The van der Waals surface area contributed by atoms with Crippen LogP contribution in [-0.4, -0.2) is 60.2 Å². The lowest BCUT2D eigenvalue weighted by Gasteiger charge is -2.24. The fourth-order valence-corrected chi connectivity index (χ4v) is 5.37. The monoisotopic (exact) mass is 542 g/mol. The summed E-state index contributed by atoms with van der Waals surface area (Å²) in [5.41, 5.74) is 1.74. The van der Waals surface area contributed by atoms with Crippen molar-refractivity contribution in [2.24, 2.45) is 0 Å². The second-order valence-corrected chi connectivity index (χ2v) is 10.4. The smallest absolute Gasteiger partial charge is 0.243 e. The highest BCUT2D eigenvalue weighted by molar-refractivity contribution is 7.89. The van der Waals surface area contributed by atoms with Crippen molar-refractivity contribution in [1.82, 2.24) is 9.62 Å². The summed E-state index contributed by atoms with van der Waals surface area (Å²) in [4.78, 5) is 13.1. The van der Waals surface area contributed by atoms with Gasteiger partial charge in [-0.05, 0) is 48.7 Å². The average molecular weight is 543 g/mol. The third-order valence-electron chi connectivity index (χ3n) is 6.09. The van der Waals surface area contributed by atoms with Gasteiger partial charge in [-0.3, -0.25) is 4.79 Å². The second-order valence-electron chi connectivity index (χ2n) is 8.49. The molecule has 0 fully saturated rings. The van der Waals surface area contributed by atoms with Gasteiger partial charge in [-0.25, -0.2) is 8.42 Å². The summed E-state index contributed by atoms with van der Waals surface area (Å²) in [5, 5.41) is 2.89. The Kier molecular flexibility index (Phi) is 9.98. The fraction of sp³-hybridized carbons (Fsp3) is 0.321. The van der Waals surface area contributed by atoms with Crippen LogP contribution in [0.5, 0.6) is 23.0 Å². The number of sulfonamides is 1. The molecule has 9 nitrogen and oxygen atoms in total. The molecule has 3 aromatic rings. The minimum absolute atomic E-state index is 0.00366. The summed E-state index contributed by atoms with van der Waals surface area (Å²) in [5.74, 6) is 1.35. The van der Waals surface area contributed by atoms with Crippen LogP contribution in [-0.2, 0) is 21.2 Å². The summed E-state index contributed by atoms with van der Waals surface area (Å²) < 4.78 is 49.7. The molecule has 3 aromatic carbocycles. The Morgan fingerprint density at radius 2 is 1.39 bits per heavy atom. The standard InChI is InChI=1S/C28H34N2O7S/c1-20(22-11-13-24(34-2)26(17-22)36-4)29-28(31)19-30(16-15-21-9-7-6-8-10-21)38(32,33)23-12-14-25(35-3)27(18-23)37-5/h6-14,17-18,20H,15-16,19H2,1-5H3,(H,29,31)/t20-/m0/s1. The minimum atomic E-state index is -4.04. The molecule has 0 bridgehead atoms. The van der Waals surface area contributed by atoms with Gasteiger partial charge in [0.2, 0.25) is 15.9 Å². The maximum Gasteiger partial charge on any atom is 0.243 e. The van der Waals surface area contributed by atoms with Gasteiger partial charge in [0.25, 0.3) is 0 Å². The molecule has 0 aliphatic carbocycles. The first-order chi connectivity index (χ1) is 18.2. The zero-order valence-corrected chi connectivity index (χ0v) is 23.1. The number of hydrogen-bond acceptors (Lipinski definition) is 7. The van der Waals surface area contributed by atoms with Crippen LogP contribution in [0.3, 0.4) is 0 Å². The Morgan fingerprint density at radius 3 is 2.00 bits per heavy atom. The van der Waals surface area contributed by atoms with Gasteiger partial charge in [0, 0.05) is 12.6 Å². The van der Waals surface area contributed by atoms with E-state index >= 15 is 0 Å². The third-order valence-corrected chi connectivity index (χ3v) is 7.93. The Hall–Kier alpha value is -3.76. The molecule has 0 saturated heterocycles. The van der Waals surface area contributed by atoms with Crippen molar-refractivity contribution in [1.29, 1.82) is 0 Å². The number of carbonyl (C=O) groups excluding carboxylic acids is 1. The zero-order chi connectivity index (χ0) is 27.7. The van der Waals surface area contributed by atoms with Gasteiger partial charge < -0.3 is 24.3 Å². The van der Waals surface area contributed by atoms with Gasteiger partial charge in [-0.1, -0.05) is 36.4 Å². The number of rotatable bonds is 13. The van der Waals surface area contributed by atoms with Gasteiger partial charge in [0.1, 0.15) is 0 Å². The molecule has 3 rings (SSSR count). The average Bonchev–Trinajstić information content (AvgIpc) is 2.94. The van der Waals surface area contributed by atoms with Crippen LogP contribution in [0.4, 0.5) is 0 Å². The first kappa shape index (κ1) is 28.8. The highest BCUT2D eigenvalue weighted by Crippen LogP contribution is 2.31. The van der Waals surface area contributed by atoms with Crippen molar-refractivity contribution < 1.29 is 32.2 Å². The predicted molar refractivity (Wildman–Crippen MR) is 145 cm³/mol. The molecule has 0 unspecified atom stereocenters. The molecule has 1 atom stereocenters. The lowest BCUT2D eigenvalue weighted by molar-refractivity contribution is -0.121. The molecule has 38 heavy (non-hydrogen) atoms. The van der Waals surface area contributed by atoms with Crippen molar-refractivity contribution >= 4 is 15.9 Å². The number of hydrogen-bond donors (Lipinski definition) is 1. The van der Waals surface area contributed by atoms with Crippen LogP contribution in [0.25, 0.3) is 0 Å². The largest absolute Gasteiger partial charge is 0.493 e. The van der Waals surface area contributed by atoms with Gasteiger partial charge in [0.05, 0.1) is 45.9 Å². The number of nitrogens with zero attached hydrogens (tertiary/aromatic N) is 1. The summed E-state index contributed by atoms with van der Waals surface area (Å²) in [6.45, 7) is 1.57. The molecule has 204 valence electrons. The van der Waals surface area contributed by atoms with E-state index in [0.717, 1.165) is 11.1 Å². The molecule has 0 saturated carbocycles. The van der Waals surface area contributed by atoms with Gasteiger partial charge in [-0.2, -0.15) is 4.31 Å². The molecule has 0 heterocycles. The molecule has 0 radical (unpaired) electrons. The summed E-state index contributed by atoms with van der Waals surface area (Å²) in [7, 11) is 1.95. The number of methoxy groups -OCH3 is 4. The molecular formula is C28H34N2O7S. The number of ether oxygens (including phenoxy) is 4. The Bertz CT molecular complexity index is 1330. The number of amides is 1. The third kappa shape index (κ3) is 6.96. The van der Waals surface area contributed by atoms with E-state index in [2.05, 4.69) is 5.32 Å². The molecule has 1 amide bonds. The minimum Gasteiger partial charge on any atom is -0.493 e. The lowest BCUT2D eigenvalue weighted by atomic mass is 10.1. The molecule has 0 spiro atoms. The Morgan fingerprint density at radius 1 is 0.816 bits per heavy atom. The van der Waals surface area contributed by atoms with Gasteiger partial charge >= 0.3 is 0 Å². The predicted octanol–water partition coefficient (Wildman–Crippen LogP) is 3.83. The SMILES string of the molecule is COc1ccc([C@H](C)NC(=O)CN(CCc2ccccc2)S(=O)(=O)c2ccc(OC)c(OC)c2)cc1OC. The normalized spacial score (nSPS) is 12.1. The topological polar surface area (TPSA) is 103 Å². The first-order valence-electron chi connectivity index (χ1n) is 12.0. The van der Waals surface area contributed by atoms with Crippen molar-refractivity contribution in [3.05, 3.63) is 77.9 Å². The first-order valence-corrected chi connectivity index (χ1v) is 13.4. The van der Waals surface area contributed by atoms with Crippen LogP contribution in [0, 0.1) is 0 Å². The van der Waals surface area contributed by atoms with E-state index in [0.29, 0.717) is 23.7 Å². The molecule has 1 N–H and O–H groups in total. The van der Waals surface area contributed by atoms with Crippen molar-refractivity contribution in [3.8, 4) is 23.0 Å². The highest BCUT2D eigenvalue weighted by atomic mass is 32.2. The maximum absolute atomic E-state index is 13.7. The van der Waals surface area contributed by atoms with Crippen LogP contribution in [0.15, 0.2) is 71.6 Å². The number of nitrogens with one attached hydrogen (secondary N) is 1. The van der Waals surface area contributed by atoms with Crippen LogP contribution < -0.4 is 24.3 Å². The zero-order valence-electron chi connectivity index (χ0n) is 22.3. The molecule has 0 aromatic heterocycles. The highest BCUT2D eigenvalue weighted by Gasteiger charge is 2.28. The van der Waals surface area contributed by atoms with E-state index in [1.807, 2.05) is 43.3 Å². The Labute approximate surface area is 224 Å². The lowest BCUT2D eigenvalue weighted by Crippen LogP contribution is -2.42. The summed E-state index contributed by atoms with van der Waals surface area (Å²) in [6.07, 6.45) is 0.436. The van der Waals surface area contributed by atoms with Crippen LogP contribution >= 0.6 is 0 Å². The van der Waals surface area contributed by atoms with Crippen LogP contribution in [0.1, 0.15) is 24.1 Å². The van der Waals surface area contributed by atoms with E-state index in [1.165, 1.54) is 43.8 Å². The van der Waals surface area contributed by atoms with E-state index in [4.69, 9.17) is 18.9 Å². The number of carbonyl (C=O) groups is 1. The molecule has 0 aliphatic heterocycles. The molecule has 0 aliphatic rings. The quantitative estimate of drug-likeness (QED) is 0.350. The fourth-order valence-electron chi connectivity index (χ4n) is 3.96. The molecule has 10 heteroatoms. The van der Waals surface area contributed by atoms with Crippen molar-refractivity contribution in [2.45, 2.75) is 24.3 Å². The second kappa shape index (κ2) is 13.2. The van der Waals surface area contributed by atoms with E-state index in [-0.39, 0.29) is 23.7 Å². The Balaban J connectivity index is 1.84. The van der Waals surface area contributed by atoms with Gasteiger partial charge in [-0.15, -0.1) is 0 Å². The van der Waals surface area contributed by atoms with E-state index in [1.54, 1.807) is 19.2 Å². The number of benzene rings is 3. The van der Waals surface area contributed by atoms with Gasteiger partial charge in [0.15, 0.2) is 23.0 Å². The maximum atomic E-state index is 13.7. The van der Waals surface area contributed by atoms with E-state index < -0.39 is 22.0 Å². The molecular weight excluding hydrogens is 508 g/mol. The van der Waals surface area contributed by atoms with Crippen molar-refractivity contribution in [2.75, 3.05) is 41.5 Å². The van der Waals surface area contributed by atoms with E-state index in [9.17, 15) is 13.2 Å².